The van der Waals surface area contributed by atoms with Gasteiger partial charge in [0, 0.05) is 26.2 Å². The van der Waals surface area contributed by atoms with E-state index in [2.05, 4.69) is 16.8 Å². The number of likely N-dealkylation sites (N-methyl/N-ethyl adjacent to an activating group) is 1. The van der Waals surface area contributed by atoms with Crippen molar-refractivity contribution in [1.82, 2.24) is 9.80 Å². The summed E-state index contributed by atoms with van der Waals surface area (Å²) in [5.74, 6) is 0.328. The molecule has 0 aromatic heterocycles. The third-order valence-electron chi connectivity index (χ3n) is 2.53. The number of hydrogen-bond donors (Lipinski definition) is 0. The van der Waals surface area contributed by atoms with Gasteiger partial charge in [-0.2, -0.15) is 0 Å². The monoisotopic (exact) mass is 214 g/mol. The molecule has 1 fully saturated rings. The van der Waals surface area contributed by atoms with Gasteiger partial charge in [0.2, 0.25) is 0 Å². The fourth-order valence-electron chi connectivity index (χ4n) is 1.49. The molecule has 0 bridgehead atoms. The smallest absolute Gasteiger partial charge is 0.320 e. The lowest BCUT2D eigenvalue weighted by Gasteiger charge is -2.31. The SMILES string of the molecule is CC(C)COC(=O)CN1CCN(C)CC1. The second-order valence-electron chi connectivity index (χ2n) is 4.66. The van der Waals surface area contributed by atoms with Gasteiger partial charge in [-0.3, -0.25) is 9.69 Å². The molecule has 0 radical (unpaired) electrons. The molecule has 1 rings (SSSR count). The number of rotatable bonds is 4. The summed E-state index contributed by atoms with van der Waals surface area (Å²) in [4.78, 5) is 15.8. The molecule has 0 atom stereocenters. The van der Waals surface area contributed by atoms with E-state index in [1.165, 1.54) is 0 Å². The molecule has 0 saturated carbocycles. The largest absolute Gasteiger partial charge is 0.464 e. The molecule has 15 heavy (non-hydrogen) atoms. The molecule has 4 heteroatoms. The first-order valence-electron chi connectivity index (χ1n) is 5.64. The standard InChI is InChI=1S/C11H22N2O2/c1-10(2)9-15-11(14)8-13-6-4-12(3)5-7-13/h10H,4-9H2,1-3H3. The molecule has 1 saturated heterocycles. The van der Waals surface area contributed by atoms with E-state index in [0.717, 1.165) is 26.2 Å². The highest BCUT2D eigenvalue weighted by Gasteiger charge is 2.17. The molecular weight excluding hydrogens is 192 g/mol. The van der Waals surface area contributed by atoms with Gasteiger partial charge in [-0.05, 0) is 13.0 Å². The number of ether oxygens (including phenoxy) is 1. The van der Waals surface area contributed by atoms with Gasteiger partial charge in [0.15, 0.2) is 0 Å². The van der Waals surface area contributed by atoms with E-state index in [1.807, 2.05) is 13.8 Å². The Hall–Kier alpha value is -0.610. The summed E-state index contributed by atoms with van der Waals surface area (Å²) in [7, 11) is 2.11. The highest BCUT2D eigenvalue weighted by Crippen LogP contribution is 2.00. The van der Waals surface area contributed by atoms with Crippen LogP contribution in [0, 0.1) is 5.92 Å². The maximum atomic E-state index is 11.4. The number of esters is 1. The molecule has 0 aromatic carbocycles. The summed E-state index contributed by atoms with van der Waals surface area (Å²) in [6.07, 6.45) is 0. The Kier molecular flexibility index (Phi) is 5.05. The number of hydrogen-bond acceptors (Lipinski definition) is 4. The number of carbonyl (C=O) groups excluding carboxylic acids is 1. The molecule has 0 aliphatic carbocycles. The quantitative estimate of drug-likeness (QED) is 0.636. The van der Waals surface area contributed by atoms with E-state index >= 15 is 0 Å². The summed E-state index contributed by atoms with van der Waals surface area (Å²) in [6.45, 7) is 9.08. The van der Waals surface area contributed by atoms with Gasteiger partial charge in [-0.25, -0.2) is 0 Å². The Bertz CT molecular complexity index is 199. The zero-order valence-electron chi connectivity index (χ0n) is 10.0. The number of nitrogens with zero attached hydrogens (tertiary/aromatic N) is 2. The van der Waals surface area contributed by atoms with Crippen LogP contribution in [0.2, 0.25) is 0 Å². The van der Waals surface area contributed by atoms with Gasteiger partial charge < -0.3 is 9.64 Å². The summed E-state index contributed by atoms with van der Waals surface area (Å²) in [6, 6.07) is 0. The van der Waals surface area contributed by atoms with E-state index in [1.54, 1.807) is 0 Å². The van der Waals surface area contributed by atoms with Crippen molar-refractivity contribution in [3.05, 3.63) is 0 Å². The number of piperazine rings is 1. The molecule has 0 amide bonds. The van der Waals surface area contributed by atoms with Gasteiger partial charge in [0.25, 0.3) is 0 Å². The summed E-state index contributed by atoms with van der Waals surface area (Å²) in [5, 5.41) is 0. The van der Waals surface area contributed by atoms with Crippen molar-refractivity contribution in [3.8, 4) is 0 Å². The Labute approximate surface area is 92.2 Å². The minimum atomic E-state index is -0.0896. The summed E-state index contributed by atoms with van der Waals surface area (Å²) >= 11 is 0. The highest BCUT2D eigenvalue weighted by atomic mass is 16.5. The molecule has 4 nitrogen and oxygen atoms in total. The van der Waals surface area contributed by atoms with Crippen molar-refractivity contribution in [2.45, 2.75) is 13.8 Å². The van der Waals surface area contributed by atoms with Crippen molar-refractivity contribution < 1.29 is 9.53 Å². The topological polar surface area (TPSA) is 32.8 Å². The van der Waals surface area contributed by atoms with Crippen LogP contribution in [0.1, 0.15) is 13.8 Å². The first kappa shape index (κ1) is 12.5. The van der Waals surface area contributed by atoms with Gasteiger partial charge >= 0.3 is 5.97 Å². The van der Waals surface area contributed by atoms with Crippen molar-refractivity contribution in [1.29, 1.82) is 0 Å². The molecule has 0 N–H and O–H groups in total. The van der Waals surface area contributed by atoms with E-state index in [4.69, 9.17) is 4.74 Å². The minimum Gasteiger partial charge on any atom is -0.464 e. The first-order chi connectivity index (χ1) is 7.08. The maximum absolute atomic E-state index is 11.4. The lowest BCUT2D eigenvalue weighted by Crippen LogP contribution is -2.46. The van der Waals surface area contributed by atoms with Crippen LogP contribution in [-0.4, -0.2) is 62.1 Å². The van der Waals surface area contributed by atoms with Crippen LogP contribution >= 0.6 is 0 Å². The molecular formula is C11H22N2O2. The van der Waals surface area contributed by atoms with E-state index in [-0.39, 0.29) is 5.97 Å². The van der Waals surface area contributed by atoms with Crippen molar-refractivity contribution >= 4 is 5.97 Å². The van der Waals surface area contributed by atoms with Gasteiger partial charge in [0.05, 0.1) is 13.2 Å². The summed E-state index contributed by atoms with van der Waals surface area (Å²) in [5.41, 5.74) is 0. The molecule has 88 valence electrons. The van der Waals surface area contributed by atoms with Crippen LogP contribution in [0.5, 0.6) is 0 Å². The molecule has 0 unspecified atom stereocenters. The van der Waals surface area contributed by atoms with Crippen LogP contribution < -0.4 is 0 Å². The molecule has 0 aromatic rings. The predicted octanol–water partition coefficient (Wildman–Crippen LogP) is 0.433. The fraction of sp³-hybridized carbons (Fsp3) is 0.909. The average molecular weight is 214 g/mol. The second kappa shape index (κ2) is 6.08. The molecule has 1 heterocycles. The van der Waals surface area contributed by atoms with Gasteiger partial charge in [-0.15, -0.1) is 0 Å². The van der Waals surface area contributed by atoms with Crippen molar-refractivity contribution in [2.24, 2.45) is 5.92 Å². The predicted molar refractivity (Wildman–Crippen MR) is 59.7 cm³/mol. The maximum Gasteiger partial charge on any atom is 0.320 e. The number of carbonyl (C=O) groups is 1. The Balaban J connectivity index is 2.15. The minimum absolute atomic E-state index is 0.0896. The lowest BCUT2D eigenvalue weighted by atomic mass is 10.2. The Morgan fingerprint density at radius 3 is 2.40 bits per heavy atom. The zero-order chi connectivity index (χ0) is 11.3. The van der Waals surface area contributed by atoms with Crippen LogP contribution in [-0.2, 0) is 9.53 Å². The third kappa shape index (κ3) is 5.14. The zero-order valence-corrected chi connectivity index (χ0v) is 10.0. The molecule has 1 aliphatic rings. The highest BCUT2D eigenvalue weighted by molar-refractivity contribution is 5.71. The average Bonchev–Trinajstić information content (AvgIpc) is 2.19. The van der Waals surface area contributed by atoms with Gasteiger partial charge in [0.1, 0.15) is 0 Å². The second-order valence-corrected chi connectivity index (χ2v) is 4.66. The fourth-order valence-corrected chi connectivity index (χ4v) is 1.49. The van der Waals surface area contributed by atoms with Crippen molar-refractivity contribution in [3.63, 3.8) is 0 Å². The Morgan fingerprint density at radius 1 is 1.27 bits per heavy atom. The van der Waals surface area contributed by atoms with Gasteiger partial charge in [-0.1, -0.05) is 13.8 Å². The first-order valence-corrected chi connectivity index (χ1v) is 5.64. The molecule has 1 aliphatic heterocycles. The summed E-state index contributed by atoms with van der Waals surface area (Å²) < 4.78 is 5.14. The van der Waals surface area contributed by atoms with E-state index < -0.39 is 0 Å². The van der Waals surface area contributed by atoms with Crippen LogP contribution in [0.3, 0.4) is 0 Å². The Morgan fingerprint density at radius 2 is 1.87 bits per heavy atom. The van der Waals surface area contributed by atoms with Crippen LogP contribution in [0.25, 0.3) is 0 Å². The van der Waals surface area contributed by atoms with Crippen LogP contribution in [0.4, 0.5) is 0 Å². The third-order valence-corrected chi connectivity index (χ3v) is 2.53. The van der Waals surface area contributed by atoms with Crippen LogP contribution in [0.15, 0.2) is 0 Å². The lowest BCUT2D eigenvalue weighted by molar-refractivity contribution is -0.146. The van der Waals surface area contributed by atoms with E-state index in [9.17, 15) is 4.79 Å². The molecule has 0 spiro atoms. The normalized spacial score (nSPS) is 19.5. The van der Waals surface area contributed by atoms with Crippen molar-refractivity contribution in [2.75, 3.05) is 46.4 Å². The van der Waals surface area contributed by atoms with E-state index in [0.29, 0.717) is 19.1 Å².